The van der Waals surface area contributed by atoms with Gasteiger partial charge in [-0.05, 0) is 92.2 Å². The molecular weight excluding hydrogens is 528 g/mol. The Kier molecular flexibility index (Phi) is 6.00. The number of hydrogen-bond donors (Lipinski definition) is 1. The molecule has 3 aromatic rings. The van der Waals surface area contributed by atoms with Gasteiger partial charge in [0, 0.05) is 28.9 Å². The Morgan fingerprint density at radius 2 is 1.66 bits per heavy atom. The van der Waals surface area contributed by atoms with E-state index in [1.165, 1.54) is 17.7 Å². The highest BCUT2D eigenvalue weighted by Crippen LogP contribution is 2.55. The van der Waals surface area contributed by atoms with Crippen LogP contribution in [0.5, 0.6) is 0 Å². The summed E-state index contributed by atoms with van der Waals surface area (Å²) in [5.41, 5.74) is 10.7. The van der Waals surface area contributed by atoms with Crippen molar-refractivity contribution in [1.29, 1.82) is 0 Å². The molecule has 2 aromatic carbocycles. The number of halogens is 4. The van der Waals surface area contributed by atoms with Gasteiger partial charge in [0.2, 0.25) is 0 Å². The zero-order valence-corrected chi connectivity index (χ0v) is 23.5. The van der Waals surface area contributed by atoms with E-state index in [2.05, 4.69) is 20.4 Å². The molecule has 7 rings (SSSR count). The molecular formula is C33H34F4N4. The van der Waals surface area contributed by atoms with Crippen LogP contribution < -0.4 is 10.6 Å². The van der Waals surface area contributed by atoms with Gasteiger partial charge in [0.1, 0.15) is 0 Å². The summed E-state index contributed by atoms with van der Waals surface area (Å²) in [6.07, 6.45) is 7.41. The highest BCUT2D eigenvalue weighted by molar-refractivity contribution is 5.78. The van der Waals surface area contributed by atoms with E-state index < -0.39 is 23.3 Å². The summed E-state index contributed by atoms with van der Waals surface area (Å²) in [7, 11) is 0. The summed E-state index contributed by atoms with van der Waals surface area (Å²) in [5, 5.41) is 0. The normalized spacial score (nSPS) is 26.5. The van der Waals surface area contributed by atoms with Crippen LogP contribution in [-0.4, -0.2) is 9.97 Å². The first-order valence-corrected chi connectivity index (χ1v) is 14.6. The van der Waals surface area contributed by atoms with E-state index >= 15 is 4.39 Å². The van der Waals surface area contributed by atoms with Gasteiger partial charge in [0.15, 0.2) is 29.1 Å². The Labute approximate surface area is 237 Å². The van der Waals surface area contributed by atoms with Crippen molar-refractivity contribution in [3.8, 4) is 11.3 Å². The third-order valence-electron chi connectivity index (χ3n) is 9.80. The largest absolute Gasteiger partial charge is 0.399 e. The molecule has 41 heavy (non-hydrogen) atoms. The second-order valence-corrected chi connectivity index (χ2v) is 13.2. The minimum atomic E-state index is -1.83. The van der Waals surface area contributed by atoms with Gasteiger partial charge in [-0.25, -0.2) is 27.5 Å². The maximum Gasteiger partial charge on any atom is 0.199 e. The summed E-state index contributed by atoms with van der Waals surface area (Å²) in [6, 6.07) is 5.79. The van der Waals surface area contributed by atoms with Crippen LogP contribution >= 0.6 is 0 Å². The lowest BCUT2D eigenvalue weighted by Gasteiger charge is -2.50. The van der Waals surface area contributed by atoms with Crippen molar-refractivity contribution < 1.29 is 17.6 Å². The molecule has 4 aliphatic rings. The van der Waals surface area contributed by atoms with Gasteiger partial charge in [0.25, 0.3) is 0 Å². The van der Waals surface area contributed by atoms with E-state index in [1.54, 1.807) is 0 Å². The monoisotopic (exact) mass is 562 g/mol. The van der Waals surface area contributed by atoms with Crippen molar-refractivity contribution in [2.45, 2.75) is 71.6 Å². The van der Waals surface area contributed by atoms with Crippen LogP contribution in [0.4, 0.5) is 34.8 Å². The number of fused-ring (bicyclic) bond motifs is 6. The average molecular weight is 563 g/mol. The average Bonchev–Trinajstić information content (AvgIpc) is 3.26. The molecule has 3 aliphatic carbocycles. The van der Waals surface area contributed by atoms with Crippen LogP contribution in [0.15, 0.2) is 30.5 Å². The number of hydrogen-bond acceptors (Lipinski definition) is 4. The minimum Gasteiger partial charge on any atom is -0.399 e. The summed E-state index contributed by atoms with van der Waals surface area (Å²) < 4.78 is 59.1. The number of aryl methyl sites for hydroxylation is 2. The molecule has 4 nitrogen and oxygen atoms in total. The molecule has 2 saturated carbocycles. The third kappa shape index (κ3) is 4.16. The Hall–Kier alpha value is -3.42. The van der Waals surface area contributed by atoms with Crippen LogP contribution in [0.25, 0.3) is 11.3 Å². The van der Waals surface area contributed by atoms with Crippen molar-refractivity contribution in [3.05, 3.63) is 76.3 Å². The molecule has 1 aliphatic heterocycles. The van der Waals surface area contributed by atoms with E-state index in [9.17, 15) is 13.2 Å². The minimum absolute atomic E-state index is 0.00198. The molecule has 0 saturated heterocycles. The van der Waals surface area contributed by atoms with Crippen LogP contribution in [0.3, 0.4) is 0 Å². The van der Waals surface area contributed by atoms with Gasteiger partial charge < -0.3 is 5.73 Å². The van der Waals surface area contributed by atoms with E-state index in [-0.39, 0.29) is 23.1 Å². The maximum atomic E-state index is 15.4. The molecule has 2 N–H and O–H groups in total. The second-order valence-electron chi connectivity index (χ2n) is 13.2. The fourth-order valence-electron chi connectivity index (χ4n) is 8.72. The molecule has 0 radical (unpaired) electrons. The fourth-order valence-corrected chi connectivity index (χ4v) is 8.72. The smallest absolute Gasteiger partial charge is 0.199 e. The Balaban J connectivity index is 1.43. The third-order valence-corrected chi connectivity index (χ3v) is 9.80. The first kappa shape index (κ1) is 26.5. The molecule has 0 amide bonds. The number of anilines is 3. The predicted molar refractivity (Wildman–Crippen MR) is 152 cm³/mol. The number of nitrogens with two attached hydrogens (primary N) is 1. The van der Waals surface area contributed by atoms with E-state index in [4.69, 9.17) is 15.7 Å². The van der Waals surface area contributed by atoms with Crippen LogP contribution in [-0.2, 0) is 25.7 Å². The zero-order chi connectivity index (χ0) is 28.8. The van der Waals surface area contributed by atoms with Crippen LogP contribution in [0.1, 0.15) is 68.5 Å². The number of nitrogens with zero attached hydrogens (tertiary/aromatic N) is 3. The fraction of sp³-hybridized carbons (Fsp3) is 0.455. The van der Waals surface area contributed by atoms with Crippen molar-refractivity contribution in [3.63, 3.8) is 0 Å². The molecule has 2 heterocycles. The molecule has 0 spiro atoms. The van der Waals surface area contributed by atoms with Gasteiger partial charge >= 0.3 is 0 Å². The number of rotatable bonds is 3. The van der Waals surface area contributed by atoms with E-state index in [0.29, 0.717) is 59.9 Å². The standard InChI is InChI=1S/C33H34F4N4/c1-16-8-19-9-17(2)13-33(12-16,14-19)15-25-32(40-24-7-4-20-11-21(38)5-6-22(20)30(24)39-25)41-18(3)10-23-26(34)27(35)28(36)29(37)31(23)41/h5-6,11,16-17,19H,3-4,7-10,12-15,38H2,1-2H3. The highest BCUT2D eigenvalue weighted by atomic mass is 19.2. The topological polar surface area (TPSA) is 55.0 Å². The second kappa shape index (κ2) is 9.30. The van der Waals surface area contributed by atoms with E-state index in [1.807, 2.05) is 18.2 Å². The van der Waals surface area contributed by atoms with Gasteiger partial charge in [-0.3, -0.25) is 4.90 Å². The molecule has 2 bridgehead atoms. The molecule has 2 fully saturated rings. The SMILES string of the molecule is C=C1Cc2c(F)c(F)c(F)c(F)c2N1c1nc2c(nc1CC13CC(C)CC(CC(C)C1)C3)-c1ccc(N)cc1CC2. The molecule has 2 atom stereocenters. The number of allylic oxidation sites excluding steroid dienone is 1. The number of aromatic nitrogens is 2. The first-order chi connectivity index (χ1) is 19.5. The Bertz CT molecular complexity index is 1600. The highest BCUT2D eigenvalue weighted by Gasteiger charge is 2.46. The Morgan fingerprint density at radius 3 is 2.39 bits per heavy atom. The van der Waals surface area contributed by atoms with Crippen molar-refractivity contribution >= 4 is 17.2 Å². The van der Waals surface area contributed by atoms with Crippen molar-refractivity contribution in [1.82, 2.24) is 9.97 Å². The van der Waals surface area contributed by atoms with Gasteiger partial charge in [-0.2, -0.15) is 0 Å². The lowest BCUT2D eigenvalue weighted by Crippen LogP contribution is -2.41. The number of nitrogen functional groups attached to an aromatic ring is 1. The summed E-state index contributed by atoms with van der Waals surface area (Å²) >= 11 is 0. The predicted octanol–water partition coefficient (Wildman–Crippen LogP) is 7.98. The first-order valence-electron chi connectivity index (χ1n) is 14.6. The van der Waals surface area contributed by atoms with Crippen molar-refractivity contribution in [2.75, 3.05) is 10.6 Å². The molecule has 1 aromatic heterocycles. The van der Waals surface area contributed by atoms with E-state index in [0.717, 1.165) is 41.8 Å². The molecule has 8 heteroatoms. The Morgan fingerprint density at radius 1 is 0.951 bits per heavy atom. The van der Waals surface area contributed by atoms with Gasteiger partial charge in [-0.15, -0.1) is 0 Å². The lowest BCUT2D eigenvalue weighted by molar-refractivity contribution is 0.0177. The summed E-state index contributed by atoms with van der Waals surface area (Å²) in [5.74, 6) is -4.31. The molecule has 214 valence electrons. The van der Waals surface area contributed by atoms with Crippen molar-refractivity contribution in [2.24, 2.45) is 23.2 Å². The lowest BCUT2D eigenvalue weighted by atomic mass is 9.55. The van der Waals surface area contributed by atoms with Gasteiger partial charge in [0.05, 0.1) is 22.8 Å². The van der Waals surface area contributed by atoms with Crippen LogP contribution in [0, 0.1) is 46.4 Å². The quantitative estimate of drug-likeness (QED) is 0.152. The number of benzene rings is 2. The zero-order valence-electron chi connectivity index (χ0n) is 23.5. The van der Waals surface area contributed by atoms with Crippen LogP contribution in [0.2, 0.25) is 0 Å². The van der Waals surface area contributed by atoms with Gasteiger partial charge in [-0.1, -0.05) is 26.5 Å². The molecule has 2 unspecified atom stereocenters. The maximum absolute atomic E-state index is 15.4. The summed E-state index contributed by atoms with van der Waals surface area (Å²) in [6.45, 7) is 8.69. The summed E-state index contributed by atoms with van der Waals surface area (Å²) in [4.78, 5) is 11.7.